The summed E-state index contributed by atoms with van der Waals surface area (Å²) in [6, 6.07) is 18.3. The van der Waals surface area contributed by atoms with Gasteiger partial charge in [0, 0.05) is 19.6 Å². The molecule has 2 aromatic heterocycles. The van der Waals surface area contributed by atoms with E-state index >= 15 is 0 Å². The lowest BCUT2D eigenvalue weighted by Gasteiger charge is -2.34. The third kappa shape index (κ3) is 4.59. The molecule has 1 N–H and O–H groups in total. The van der Waals surface area contributed by atoms with Gasteiger partial charge in [-0.2, -0.15) is 0 Å². The molecule has 5 nitrogen and oxygen atoms in total. The first kappa shape index (κ1) is 21.2. The maximum atomic E-state index is 13.4. The van der Waals surface area contributed by atoms with Crippen LogP contribution in [0.3, 0.4) is 0 Å². The number of para-hydroxylation sites is 1. The average molecular weight is 468 g/mol. The molecule has 4 aromatic rings. The van der Waals surface area contributed by atoms with Crippen LogP contribution in [-0.4, -0.2) is 48.6 Å². The van der Waals surface area contributed by atoms with Crippen molar-refractivity contribution in [1.29, 1.82) is 0 Å². The van der Waals surface area contributed by atoms with Crippen molar-refractivity contribution < 1.29 is 13.9 Å². The highest BCUT2D eigenvalue weighted by Gasteiger charge is 2.24. The summed E-state index contributed by atoms with van der Waals surface area (Å²) in [6.07, 6.45) is 0. The molecular formula is C24H22FN3O2S2. The summed E-state index contributed by atoms with van der Waals surface area (Å²) in [4.78, 5) is 21.5. The third-order valence-electron chi connectivity index (χ3n) is 5.53. The summed E-state index contributed by atoms with van der Waals surface area (Å²) in [5.41, 5.74) is 1.95. The zero-order valence-electron chi connectivity index (χ0n) is 17.3. The van der Waals surface area contributed by atoms with Gasteiger partial charge in [0.2, 0.25) is 0 Å². The van der Waals surface area contributed by atoms with Crippen LogP contribution in [0.2, 0.25) is 0 Å². The molecule has 1 atom stereocenters. The van der Waals surface area contributed by atoms with Crippen molar-refractivity contribution in [2.45, 2.75) is 6.04 Å². The second kappa shape index (κ2) is 9.46. The van der Waals surface area contributed by atoms with Crippen LogP contribution >= 0.6 is 22.7 Å². The van der Waals surface area contributed by atoms with Crippen LogP contribution < -0.4 is 5.32 Å². The fraction of sp³-hybridized carbons (Fsp3) is 0.250. The average Bonchev–Trinajstić information content (AvgIpc) is 3.48. The molecule has 0 bridgehead atoms. The number of hydrogen-bond acceptors (Lipinski definition) is 6. The van der Waals surface area contributed by atoms with E-state index < -0.39 is 0 Å². The van der Waals surface area contributed by atoms with Crippen molar-refractivity contribution in [3.05, 3.63) is 76.9 Å². The Bertz CT molecular complexity index is 1180. The summed E-state index contributed by atoms with van der Waals surface area (Å²) in [5.74, 6) is -0.373. The van der Waals surface area contributed by atoms with Gasteiger partial charge in [-0.25, -0.2) is 9.37 Å². The molecule has 0 aliphatic carbocycles. The molecule has 1 fully saturated rings. The first-order chi connectivity index (χ1) is 15.7. The van der Waals surface area contributed by atoms with Gasteiger partial charge >= 0.3 is 0 Å². The zero-order chi connectivity index (χ0) is 21.9. The van der Waals surface area contributed by atoms with E-state index in [2.05, 4.69) is 21.3 Å². The second-order valence-corrected chi connectivity index (χ2v) is 9.69. The Balaban J connectivity index is 1.30. The van der Waals surface area contributed by atoms with E-state index in [1.807, 2.05) is 30.3 Å². The fourth-order valence-electron chi connectivity index (χ4n) is 3.86. The molecule has 0 radical (unpaired) electrons. The van der Waals surface area contributed by atoms with E-state index in [1.165, 1.54) is 23.5 Å². The molecule has 2 aromatic carbocycles. The normalized spacial score (nSPS) is 15.7. The summed E-state index contributed by atoms with van der Waals surface area (Å²) in [7, 11) is 0. The molecular weight excluding hydrogens is 445 g/mol. The van der Waals surface area contributed by atoms with Gasteiger partial charge in [0.05, 0.1) is 39.2 Å². The Morgan fingerprint density at radius 2 is 1.84 bits per heavy atom. The van der Waals surface area contributed by atoms with Crippen LogP contribution in [0.5, 0.6) is 0 Å². The van der Waals surface area contributed by atoms with Crippen molar-refractivity contribution in [3.8, 4) is 9.88 Å². The van der Waals surface area contributed by atoms with E-state index in [9.17, 15) is 9.18 Å². The van der Waals surface area contributed by atoms with Gasteiger partial charge in [-0.05, 0) is 42.0 Å². The number of rotatable bonds is 6. The number of thiazole rings is 1. The SMILES string of the molecule is O=C(NC[C@H](c1ccc(F)cc1)N1CCOCC1)c1ccc(-c2nc3ccccc3s2)s1. The standard InChI is InChI=1S/C24H22FN3O2S2/c25-17-7-5-16(6-8-17)19(28-11-13-30-14-12-28)15-26-23(29)21-9-10-22(31-21)24-27-18-3-1-2-4-20(18)32-24/h1-10,19H,11-15H2,(H,26,29)/t19-/m1/s1. The summed E-state index contributed by atoms with van der Waals surface area (Å²) < 4.78 is 20.0. The predicted octanol–water partition coefficient (Wildman–Crippen LogP) is 4.97. The highest BCUT2D eigenvalue weighted by molar-refractivity contribution is 7.26. The fourth-order valence-corrected chi connectivity index (χ4v) is 5.80. The summed E-state index contributed by atoms with van der Waals surface area (Å²) in [6.45, 7) is 3.31. The van der Waals surface area contributed by atoms with Crippen molar-refractivity contribution in [2.24, 2.45) is 0 Å². The molecule has 1 aliphatic rings. The number of nitrogens with zero attached hydrogens (tertiary/aromatic N) is 2. The molecule has 0 spiro atoms. The molecule has 0 unspecified atom stereocenters. The van der Waals surface area contributed by atoms with Crippen LogP contribution in [0.1, 0.15) is 21.3 Å². The molecule has 164 valence electrons. The smallest absolute Gasteiger partial charge is 0.261 e. The van der Waals surface area contributed by atoms with Gasteiger partial charge in [0.25, 0.3) is 5.91 Å². The number of carbonyl (C=O) groups excluding carboxylic acids is 1. The Morgan fingerprint density at radius 1 is 1.06 bits per heavy atom. The topological polar surface area (TPSA) is 54.5 Å². The lowest BCUT2D eigenvalue weighted by Crippen LogP contribution is -2.43. The number of halogens is 1. The second-order valence-electron chi connectivity index (χ2n) is 7.58. The van der Waals surface area contributed by atoms with Gasteiger partial charge < -0.3 is 10.1 Å². The Labute approximate surface area is 193 Å². The highest BCUT2D eigenvalue weighted by atomic mass is 32.1. The van der Waals surface area contributed by atoms with Crippen molar-refractivity contribution >= 4 is 38.8 Å². The minimum atomic E-state index is -0.264. The minimum Gasteiger partial charge on any atom is -0.379 e. The van der Waals surface area contributed by atoms with Crippen LogP contribution in [0.15, 0.2) is 60.7 Å². The predicted molar refractivity (Wildman–Crippen MR) is 127 cm³/mol. The van der Waals surface area contributed by atoms with Crippen molar-refractivity contribution in [3.63, 3.8) is 0 Å². The van der Waals surface area contributed by atoms with Gasteiger partial charge in [0.15, 0.2) is 0 Å². The van der Waals surface area contributed by atoms with Crippen LogP contribution in [0.4, 0.5) is 4.39 Å². The van der Waals surface area contributed by atoms with E-state index in [1.54, 1.807) is 23.5 Å². The molecule has 32 heavy (non-hydrogen) atoms. The zero-order valence-corrected chi connectivity index (χ0v) is 18.9. The molecule has 1 aliphatic heterocycles. The van der Waals surface area contributed by atoms with Gasteiger partial charge in [0.1, 0.15) is 10.8 Å². The highest BCUT2D eigenvalue weighted by Crippen LogP contribution is 2.34. The number of ether oxygens (including phenoxy) is 1. The molecule has 5 rings (SSSR count). The van der Waals surface area contributed by atoms with Gasteiger partial charge in [-0.1, -0.05) is 24.3 Å². The first-order valence-corrected chi connectivity index (χ1v) is 12.1. The number of aromatic nitrogens is 1. The quantitative estimate of drug-likeness (QED) is 0.435. The largest absolute Gasteiger partial charge is 0.379 e. The van der Waals surface area contributed by atoms with E-state index in [0.29, 0.717) is 24.6 Å². The van der Waals surface area contributed by atoms with Crippen molar-refractivity contribution in [1.82, 2.24) is 15.2 Å². The Kier molecular flexibility index (Phi) is 6.27. The summed E-state index contributed by atoms with van der Waals surface area (Å²) >= 11 is 3.08. The number of morpholine rings is 1. The molecule has 1 saturated heterocycles. The van der Waals surface area contributed by atoms with Gasteiger partial charge in [-0.15, -0.1) is 22.7 Å². The van der Waals surface area contributed by atoms with Crippen LogP contribution in [-0.2, 0) is 4.74 Å². The maximum Gasteiger partial charge on any atom is 0.261 e. The molecule has 0 saturated carbocycles. The van der Waals surface area contributed by atoms with Crippen LogP contribution in [0, 0.1) is 5.82 Å². The number of amides is 1. The van der Waals surface area contributed by atoms with E-state index in [0.717, 1.165) is 38.8 Å². The minimum absolute atomic E-state index is 0.0351. The number of nitrogens with one attached hydrogen (secondary N) is 1. The van der Waals surface area contributed by atoms with E-state index in [-0.39, 0.29) is 17.8 Å². The number of hydrogen-bond donors (Lipinski definition) is 1. The Hall–Kier alpha value is -2.65. The van der Waals surface area contributed by atoms with E-state index in [4.69, 9.17) is 4.74 Å². The van der Waals surface area contributed by atoms with Crippen molar-refractivity contribution in [2.75, 3.05) is 32.8 Å². The lowest BCUT2D eigenvalue weighted by molar-refractivity contribution is 0.0162. The first-order valence-electron chi connectivity index (χ1n) is 10.5. The Morgan fingerprint density at radius 3 is 2.62 bits per heavy atom. The molecule has 8 heteroatoms. The summed E-state index contributed by atoms with van der Waals surface area (Å²) in [5, 5.41) is 4.00. The third-order valence-corrected chi connectivity index (χ3v) is 7.82. The number of fused-ring (bicyclic) bond motifs is 1. The lowest BCUT2D eigenvalue weighted by atomic mass is 10.0. The van der Waals surface area contributed by atoms with Crippen LogP contribution in [0.25, 0.3) is 20.1 Å². The number of carbonyl (C=O) groups is 1. The van der Waals surface area contributed by atoms with Gasteiger partial charge in [-0.3, -0.25) is 9.69 Å². The number of thiophene rings is 1. The maximum absolute atomic E-state index is 13.4. The number of benzene rings is 2. The molecule has 1 amide bonds. The monoisotopic (exact) mass is 467 g/mol. The molecule has 3 heterocycles.